The molecule has 0 radical (unpaired) electrons. The van der Waals surface area contributed by atoms with Gasteiger partial charge in [0.1, 0.15) is 0 Å². The van der Waals surface area contributed by atoms with Crippen molar-refractivity contribution in [3.63, 3.8) is 0 Å². The summed E-state index contributed by atoms with van der Waals surface area (Å²) in [5, 5.41) is 0. The van der Waals surface area contributed by atoms with E-state index in [-0.39, 0.29) is 5.97 Å². The summed E-state index contributed by atoms with van der Waals surface area (Å²) in [6.45, 7) is 0.532. The maximum absolute atomic E-state index is 11.2. The number of carbonyl (C=O) groups excluding carboxylic acids is 1. The van der Waals surface area contributed by atoms with Gasteiger partial charge in [-0.05, 0) is 36.7 Å². The topological polar surface area (TPSA) is 78.3 Å². The highest BCUT2D eigenvalue weighted by Crippen LogP contribution is 2.13. The summed E-state index contributed by atoms with van der Waals surface area (Å²) in [5.74, 6) is -0.379. The summed E-state index contributed by atoms with van der Waals surface area (Å²) in [5.41, 5.74) is 13.0. The van der Waals surface area contributed by atoms with E-state index in [0.717, 1.165) is 5.56 Å². The average Bonchev–Trinajstić information content (AvgIpc) is 2.16. The number of nitrogens with two attached hydrogens (primary N) is 2. The quantitative estimate of drug-likeness (QED) is 0.544. The molecule has 0 aliphatic rings. The summed E-state index contributed by atoms with van der Waals surface area (Å²) in [6.07, 6.45) is 0.703. The van der Waals surface area contributed by atoms with Gasteiger partial charge >= 0.3 is 5.97 Å². The van der Waals surface area contributed by atoms with Crippen LogP contribution in [0.4, 0.5) is 5.69 Å². The maximum Gasteiger partial charge on any atom is 0.337 e. The minimum absolute atomic E-state index is 0.379. The zero-order valence-corrected chi connectivity index (χ0v) is 8.12. The van der Waals surface area contributed by atoms with E-state index < -0.39 is 0 Å². The number of carbonyl (C=O) groups is 1. The molecule has 1 aromatic rings. The van der Waals surface area contributed by atoms with E-state index in [1.54, 1.807) is 18.2 Å². The fourth-order valence-electron chi connectivity index (χ4n) is 1.27. The number of esters is 1. The maximum atomic E-state index is 11.2. The Hall–Kier alpha value is -1.55. The average molecular weight is 194 g/mol. The fourth-order valence-corrected chi connectivity index (χ4v) is 1.27. The lowest BCUT2D eigenvalue weighted by Crippen LogP contribution is -2.07. The van der Waals surface area contributed by atoms with E-state index in [9.17, 15) is 4.79 Å². The standard InChI is InChI=1S/C10H14N2O2/c1-14-10(13)8-4-7(2-3-11)5-9(12)6-8/h4-6H,2-3,11-12H2,1H3. The van der Waals surface area contributed by atoms with Gasteiger partial charge in [0.05, 0.1) is 12.7 Å². The van der Waals surface area contributed by atoms with Crippen molar-refractivity contribution in [2.24, 2.45) is 5.73 Å². The zero-order chi connectivity index (χ0) is 10.6. The number of rotatable bonds is 3. The zero-order valence-electron chi connectivity index (χ0n) is 8.12. The van der Waals surface area contributed by atoms with Crippen molar-refractivity contribution in [3.8, 4) is 0 Å². The van der Waals surface area contributed by atoms with Crippen molar-refractivity contribution >= 4 is 11.7 Å². The van der Waals surface area contributed by atoms with Gasteiger partial charge in [0.2, 0.25) is 0 Å². The van der Waals surface area contributed by atoms with Crippen LogP contribution in [0.15, 0.2) is 18.2 Å². The molecule has 1 aromatic carbocycles. The van der Waals surface area contributed by atoms with Crippen LogP contribution in [0.2, 0.25) is 0 Å². The van der Waals surface area contributed by atoms with Crippen molar-refractivity contribution in [2.75, 3.05) is 19.4 Å². The Kier molecular flexibility index (Phi) is 3.48. The van der Waals surface area contributed by atoms with Gasteiger partial charge in [-0.15, -0.1) is 0 Å². The molecule has 0 saturated heterocycles. The number of anilines is 1. The van der Waals surface area contributed by atoms with Crippen molar-refractivity contribution in [2.45, 2.75) is 6.42 Å². The van der Waals surface area contributed by atoms with Crippen LogP contribution >= 0.6 is 0 Å². The SMILES string of the molecule is COC(=O)c1cc(N)cc(CCN)c1. The number of nitrogen functional groups attached to an aromatic ring is 1. The molecule has 0 saturated carbocycles. The van der Waals surface area contributed by atoms with E-state index in [1.807, 2.05) is 0 Å². The summed E-state index contributed by atoms with van der Waals surface area (Å²) in [4.78, 5) is 11.2. The molecule has 0 bridgehead atoms. The second-order valence-corrected chi connectivity index (χ2v) is 2.99. The number of benzene rings is 1. The monoisotopic (exact) mass is 194 g/mol. The van der Waals surface area contributed by atoms with E-state index in [2.05, 4.69) is 4.74 Å². The molecule has 4 N–H and O–H groups in total. The van der Waals surface area contributed by atoms with Crippen molar-refractivity contribution in [1.29, 1.82) is 0 Å². The molecule has 1 rings (SSSR count). The minimum Gasteiger partial charge on any atom is -0.465 e. The van der Waals surface area contributed by atoms with Crippen LogP contribution in [0, 0.1) is 0 Å². The fraction of sp³-hybridized carbons (Fsp3) is 0.300. The third kappa shape index (κ3) is 2.47. The highest BCUT2D eigenvalue weighted by atomic mass is 16.5. The number of ether oxygens (including phenoxy) is 1. The molecule has 4 nitrogen and oxygen atoms in total. The molecule has 0 amide bonds. The van der Waals surface area contributed by atoms with Crippen molar-refractivity contribution in [1.82, 2.24) is 0 Å². The van der Waals surface area contributed by atoms with Gasteiger partial charge in [0.15, 0.2) is 0 Å². The molecule has 0 aliphatic carbocycles. The normalized spacial score (nSPS) is 9.86. The molecule has 0 unspecified atom stereocenters. The summed E-state index contributed by atoms with van der Waals surface area (Å²) >= 11 is 0. The molecule has 0 atom stereocenters. The van der Waals surface area contributed by atoms with E-state index in [1.165, 1.54) is 7.11 Å². The third-order valence-corrected chi connectivity index (χ3v) is 1.87. The number of hydrogen-bond donors (Lipinski definition) is 2. The first-order valence-corrected chi connectivity index (χ1v) is 4.35. The van der Waals surface area contributed by atoms with Crippen LogP contribution in [-0.2, 0) is 11.2 Å². The Morgan fingerprint density at radius 2 is 2.14 bits per heavy atom. The molecule has 0 heterocycles. The lowest BCUT2D eigenvalue weighted by atomic mass is 10.1. The van der Waals surface area contributed by atoms with Crippen molar-refractivity contribution < 1.29 is 9.53 Å². The predicted molar refractivity (Wildman–Crippen MR) is 55.0 cm³/mol. The van der Waals surface area contributed by atoms with Gasteiger partial charge in [-0.2, -0.15) is 0 Å². The predicted octanol–water partition coefficient (Wildman–Crippen LogP) is 0.557. The summed E-state index contributed by atoms with van der Waals surface area (Å²) in [7, 11) is 1.34. The molecule has 4 heteroatoms. The van der Waals surface area contributed by atoms with Crippen LogP contribution in [0.3, 0.4) is 0 Å². The van der Waals surface area contributed by atoms with Crippen LogP contribution in [0.25, 0.3) is 0 Å². The van der Waals surface area contributed by atoms with Crippen LogP contribution in [0.1, 0.15) is 15.9 Å². The highest BCUT2D eigenvalue weighted by Gasteiger charge is 2.07. The second kappa shape index (κ2) is 4.62. The molecular weight excluding hydrogens is 180 g/mol. The first kappa shape index (κ1) is 10.5. The summed E-state index contributed by atoms with van der Waals surface area (Å²) < 4.78 is 4.60. The highest BCUT2D eigenvalue weighted by molar-refractivity contribution is 5.90. The molecule has 0 aliphatic heterocycles. The van der Waals surface area contributed by atoms with E-state index in [4.69, 9.17) is 11.5 Å². The van der Waals surface area contributed by atoms with Crippen molar-refractivity contribution in [3.05, 3.63) is 29.3 Å². The Balaban J connectivity index is 3.00. The van der Waals surface area contributed by atoms with Gasteiger partial charge in [-0.25, -0.2) is 4.79 Å². The molecule has 0 aromatic heterocycles. The number of hydrogen-bond acceptors (Lipinski definition) is 4. The third-order valence-electron chi connectivity index (χ3n) is 1.87. The Labute approximate surface area is 82.8 Å². The van der Waals surface area contributed by atoms with Crippen LogP contribution in [-0.4, -0.2) is 19.6 Å². The lowest BCUT2D eigenvalue weighted by molar-refractivity contribution is 0.0600. The minimum atomic E-state index is -0.379. The first-order chi connectivity index (χ1) is 6.67. The lowest BCUT2D eigenvalue weighted by Gasteiger charge is -2.04. The second-order valence-electron chi connectivity index (χ2n) is 2.99. The largest absolute Gasteiger partial charge is 0.465 e. The van der Waals surface area contributed by atoms with E-state index in [0.29, 0.717) is 24.2 Å². The first-order valence-electron chi connectivity index (χ1n) is 4.35. The summed E-state index contributed by atoms with van der Waals surface area (Å²) in [6, 6.07) is 5.14. The number of methoxy groups -OCH3 is 1. The smallest absolute Gasteiger partial charge is 0.337 e. The van der Waals surface area contributed by atoms with Gasteiger partial charge in [0.25, 0.3) is 0 Å². The van der Waals surface area contributed by atoms with Gasteiger partial charge in [0, 0.05) is 5.69 Å². The van der Waals surface area contributed by atoms with Gasteiger partial charge in [-0.3, -0.25) is 0 Å². The Bertz CT molecular complexity index is 337. The molecule has 0 fully saturated rings. The molecule has 14 heavy (non-hydrogen) atoms. The van der Waals surface area contributed by atoms with Gasteiger partial charge < -0.3 is 16.2 Å². The van der Waals surface area contributed by atoms with Crippen LogP contribution < -0.4 is 11.5 Å². The Morgan fingerprint density at radius 3 is 2.71 bits per heavy atom. The van der Waals surface area contributed by atoms with Crippen LogP contribution in [0.5, 0.6) is 0 Å². The Morgan fingerprint density at radius 1 is 1.43 bits per heavy atom. The van der Waals surface area contributed by atoms with Gasteiger partial charge in [-0.1, -0.05) is 0 Å². The van der Waals surface area contributed by atoms with E-state index >= 15 is 0 Å². The molecular formula is C10H14N2O2. The molecule has 0 spiro atoms. The molecule has 76 valence electrons.